The monoisotopic (exact) mass is 202 g/mol. The quantitative estimate of drug-likeness (QED) is 0.794. The highest BCUT2D eigenvalue weighted by Gasteiger charge is 2.30. The van der Waals surface area contributed by atoms with Crippen LogP contribution in [-0.4, -0.2) is 20.9 Å². The number of nitrogens with zero attached hydrogens (tertiary/aromatic N) is 2. The number of hydrogen-bond acceptors (Lipinski definition) is 2. The van der Waals surface area contributed by atoms with E-state index in [0.29, 0.717) is 10.7 Å². The molecule has 5 heteroatoms. The summed E-state index contributed by atoms with van der Waals surface area (Å²) in [4.78, 5) is 10.8. The molecule has 0 saturated carbocycles. The number of hydrogen-bond donors (Lipinski definition) is 1. The molecule has 0 aliphatic carbocycles. The third-order valence-corrected chi connectivity index (χ3v) is 2.31. The number of halogens is 1. The second-order valence-electron chi connectivity index (χ2n) is 3.37. The van der Waals surface area contributed by atoms with Gasteiger partial charge in [0.25, 0.3) is 0 Å². The predicted molar refractivity (Wildman–Crippen MR) is 48.9 cm³/mol. The van der Waals surface area contributed by atoms with Crippen LogP contribution >= 0.6 is 11.6 Å². The van der Waals surface area contributed by atoms with Gasteiger partial charge in [0.15, 0.2) is 5.54 Å². The molecule has 0 radical (unpaired) electrons. The molecule has 1 aromatic heterocycles. The Kier molecular flexibility index (Phi) is 2.34. The van der Waals surface area contributed by atoms with E-state index in [1.807, 2.05) is 0 Å². The van der Waals surface area contributed by atoms with Gasteiger partial charge in [-0.3, -0.25) is 4.68 Å². The number of rotatable bonds is 2. The third kappa shape index (κ3) is 1.67. The number of aryl methyl sites for hydroxylation is 1. The van der Waals surface area contributed by atoms with Crippen LogP contribution in [0.4, 0.5) is 0 Å². The van der Waals surface area contributed by atoms with Crippen molar-refractivity contribution in [2.75, 3.05) is 0 Å². The van der Waals surface area contributed by atoms with Crippen LogP contribution in [0.25, 0.3) is 0 Å². The van der Waals surface area contributed by atoms with E-state index in [4.69, 9.17) is 16.7 Å². The minimum absolute atomic E-state index is 0.481. The number of carboxylic acids is 1. The highest BCUT2D eigenvalue weighted by molar-refractivity contribution is 6.31. The van der Waals surface area contributed by atoms with Gasteiger partial charge in [0.05, 0.1) is 10.7 Å². The summed E-state index contributed by atoms with van der Waals surface area (Å²) in [6.45, 7) is 4.87. The first kappa shape index (κ1) is 10.1. The van der Waals surface area contributed by atoms with E-state index >= 15 is 0 Å². The van der Waals surface area contributed by atoms with E-state index in [2.05, 4.69) is 5.10 Å². The number of carbonyl (C=O) groups is 1. The van der Waals surface area contributed by atoms with Crippen molar-refractivity contribution in [1.29, 1.82) is 0 Å². The summed E-state index contributed by atoms with van der Waals surface area (Å²) in [5, 5.41) is 13.4. The molecular weight excluding hydrogens is 192 g/mol. The molecule has 0 aliphatic rings. The van der Waals surface area contributed by atoms with Gasteiger partial charge in [-0.05, 0) is 20.8 Å². The Labute approximate surface area is 81.1 Å². The second-order valence-corrected chi connectivity index (χ2v) is 3.78. The fourth-order valence-electron chi connectivity index (χ4n) is 0.823. The molecule has 72 valence electrons. The second kappa shape index (κ2) is 3.03. The van der Waals surface area contributed by atoms with Crippen LogP contribution < -0.4 is 0 Å². The van der Waals surface area contributed by atoms with Crippen LogP contribution in [0.2, 0.25) is 5.02 Å². The van der Waals surface area contributed by atoms with Crippen molar-refractivity contribution < 1.29 is 9.90 Å². The van der Waals surface area contributed by atoms with Gasteiger partial charge >= 0.3 is 5.97 Å². The van der Waals surface area contributed by atoms with Gasteiger partial charge in [-0.1, -0.05) is 11.6 Å². The van der Waals surface area contributed by atoms with Crippen molar-refractivity contribution in [3.8, 4) is 0 Å². The van der Waals surface area contributed by atoms with E-state index in [0.717, 1.165) is 0 Å². The molecule has 0 amide bonds. The topological polar surface area (TPSA) is 55.1 Å². The Hall–Kier alpha value is -1.03. The first-order chi connectivity index (χ1) is 5.85. The molecule has 0 aromatic carbocycles. The highest BCUT2D eigenvalue weighted by atomic mass is 35.5. The lowest BCUT2D eigenvalue weighted by atomic mass is 10.1. The van der Waals surface area contributed by atoms with E-state index in [1.165, 1.54) is 10.9 Å². The maximum atomic E-state index is 10.8. The number of aliphatic carboxylic acids is 1. The third-order valence-electron chi connectivity index (χ3n) is 1.94. The molecule has 1 aromatic rings. The average Bonchev–Trinajstić information content (AvgIpc) is 2.32. The number of aromatic nitrogens is 2. The zero-order valence-corrected chi connectivity index (χ0v) is 8.46. The molecule has 0 atom stereocenters. The molecule has 0 aliphatic heterocycles. The normalized spacial score (nSPS) is 11.7. The van der Waals surface area contributed by atoms with Crippen LogP contribution in [0.3, 0.4) is 0 Å². The maximum Gasteiger partial charge on any atom is 0.331 e. The van der Waals surface area contributed by atoms with Crippen LogP contribution in [0.15, 0.2) is 6.20 Å². The van der Waals surface area contributed by atoms with E-state index in [-0.39, 0.29) is 0 Å². The molecule has 4 nitrogen and oxygen atoms in total. The summed E-state index contributed by atoms with van der Waals surface area (Å²) >= 11 is 5.76. The maximum absolute atomic E-state index is 10.8. The molecule has 1 N–H and O–H groups in total. The first-order valence-electron chi connectivity index (χ1n) is 3.81. The van der Waals surface area contributed by atoms with Gasteiger partial charge in [-0.2, -0.15) is 5.10 Å². The van der Waals surface area contributed by atoms with Gasteiger partial charge in [-0.25, -0.2) is 4.79 Å². The zero-order valence-electron chi connectivity index (χ0n) is 7.71. The lowest BCUT2D eigenvalue weighted by molar-refractivity contribution is -0.146. The van der Waals surface area contributed by atoms with E-state index in [1.54, 1.807) is 20.8 Å². The summed E-state index contributed by atoms with van der Waals surface area (Å²) < 4.78 is 1.35. The molecule has 13 heavy (non-hydrogen) atoms. The number of carboxylic acid groups (broad SMARTS) is 1. The van der Waals surface area contributed by atoms with Crippen molar-refractivity contribution >= 4 is 17.6 Å². The zero-order chi connectivity index (χ0) is 10.2. The highest BCUT2D eigenvalue weighted by Crippen LogP contribution is 2.20. The van der Waals surface area contributed by atoms with Crippen LogP contribution in [0.1, 0.15) is 19.5 Å². The van der Waals surface area contributed by atoms with Gasteiger partial charge in [0.2, 0.25) is 0 Å². The molecule has 1 heterocycles. The molecule has 0 spiro atoms. The van der Waals surface area contributed by atoms with Crippen LogP contribution in [0.5, 0.6) is 0 Å². The summed E-state index contributed by atoms with van der Waals surface area (Å²) in [7, 11) is 0. The fraction of sp³-hybridized carbons (Fsp3) is 0.500. The molecular formula is C8H11ClN2O2. The average molecular weight is 203 g/mol. The van der Waals surface area contributed by atoms with Crippen molar-refractivity contribution in [3.63, 3.8) is 0 Å². The van der Waals surface area contributed by atoms with E-state index in [9.17, 15) is 4.79 Å². The van der Waals surface area contributed by atoms with Crippen molar-refractivity contribution in [2.24, 2.45) is 0 Å². The molecule has 0 unspecified atom stereocenters. The van der Waals surface area contributed by atoms with Gasteiger partial charge in [0, 0.05) is 6.20 Å². The molecule has 0 fully saturated rings. The molecule has 0 saturated heterocycles. The fourth-order valence-corrected chi connectivity index (χ4v) is 0.954. The van der Waals surface area contributed by atoms with Gasteiger partial charge in [0.1, 0.15) is 0 Å². The Bertz CT molecular complexity index is 324. The summed E-state index contributed by atoms with van der Waals surface area (Å²) in [6.07, 6.45) is 1.52. The standard InChI is InChI=1S/C8H11ClN2O2/c1-5-6(9)4-11(10-5)8(2,3)7(12)13/h4H,1-3H3,(H,12,13). The lowest BCUT2D eigenvalue weighted by Crippen LogP contribution is -2.36. The largest absolute Gasteiger partial charge is 0.479 e. The minimum Gasteiger partial charge on any atom is -0.479 e. The Morgan fingerprint density at radius 3 is 2.54 bits per heavy atom. The summed E-state index contributed by atoms with van der Waals surface area (Å²) in [6, 6.07) is 0. The van der Waals surface area contributed by atoms with Gasteiger partial charge in [-0.15, -0.1) is 0 Å². The Morgan fingerprint density at radius 1 is 1.69 bits per heavy atom. The smallest absolute Gasteiger partial charge is 0.331 e. The SMILES string of the molecule is Cc1nn(C(C)(C)C(=O)O)cc1Cl. The van der Waals surface area contributed by atoms with Crippen LogP contribution in [-0.2, 0) is 10.3 Å². The van der Waals surface area contributed by atoms with Gasteiger partial charge < -0.3 is 5.11 Å². The van der Waals surface area contributed by atoms with E-state index < -0.39 is 11.5 Å². The van der Waals surface area contributed by atoms with Crippen molar-refractivity contribution in [2.45, 2.75) is 26.3 Å². The lowest BCUT2D eigenvalue weighted by Gasteiger charge is -2.19. The molecule has 0 bridgehead atoms. The molecule has 1 rings (SSSR count). The minimum atomic E-state index is -1.06. The Morgan fingerprint density at radius 2 is 2.23 bits per heavy atom. The first-order valence-corrected chi connectivity index (χ1v) is 4.19. The van der Waals surface area contributed by atoms with Crippen molar-refractivity contribution in [1.82, 2.24) is 9.78 Å². The Balaban J connectivity index is 3.15. The van der Waals surface area contributed by atoms with Crippen molar-refractivity contribution in [3.05, 3.63) is 16.9 Å². The summed E-state index contributed by atoms with van der Waals surface area (Å²) in [5.74, 6) is -0.938. The predicted octanol–water partition coefficient (Wildman–Crippen LogP) is 1.66. The van der Waals surface area contributed by atoms with Crippen LogP contribution in [0, 0.1) is 6.92 Å². The summed E-state index contributed by atoms with van der Waals surface area (Å²) in [5.41, 5.74) is -0.422.